The number of rotatable bonds is 8. The lowest BCUT2D eigenvalue weighted by Gasteiger charge is -2.17. The SMILES string of the molecule is CN(Cc1cn(Cc2ccccc2Cl)nc1-c1ccccc1)C(=O)CNC(=O)c1ccco1. The Morgan fingerprint density at radius 2 is 1.79 bits per heavy atom. The van der Waals surface area contributed by atoms with E-state index in [0.717, 1.165) is 22.4 Å². The Kier molecular flexibility index (Phi) is 6.90. The maximum atomic E-state index is 12.6. The smallest absolute Gasteiger partial charge is 0.287 e. The van der Waals surface area contributed by atoms with Crippen LogP contribution in [-0.2, 0) is 17.9 Å². The van der Waals surface area contributed by atoms with E-state index in [1.165, 1.54) is 6.26 Å². The van der Waals surface area contributed by atoms with Crippen molar-refractivity contribution in [3.05, 3.63) is 101 Å². The number of likely N-dealkylation sites (N-methyl/N-ethyl adjacent to an activating group) is 1. The van der Waals surface area contributed by atoms with E-state index in [-0.39, 0.29) is 18.2 Å². The first kappa shape index (κ1) is 22.4. The van der Waals surface area contributed by atoms with Gasteiger partial charge in [-0.05, 0) is 23.8 Å². The van der Waals surface area contributed by atoms with Gasteiger partial charge in [-0.2, -0.15) is 5.10 Å². The third-order valence-corrected chi connectivity index (χ3v) is 5.52. The summed E-state index contributed by atoms with van der Waals surface area (Å²) in [4.78, 5) is 26.2. The van der Waals surface area contributed by atoms with Crippen LogP contribution in [0.3, 0.4) is 0 Å². The minimum Gasteiger partial charge on any atom is -0.459 e. The fraction of sp³-hybridized carbons (Fsp3) is 0.160. The average Bonchev–Trinajstić information content (AvgIpc) is 3.50. The van der Waals surface area contributed by atoms with Crippen LogP contribution in [0, 0.1) is 0 Å². The molecule has 2 aromatic carbocycles. The number of nitrogens with one attached hydrogen (secondary N) is 1. The number of aromatic nitrogens is 2. The van der Waals surface area contributed by atoms with Crippen LogP contribution in [0.25, 0.3) is 11.3 Å². The van der Waals surface area contributed by atoms with E-state index in [0.29, 0.717) is 18.1 Å². The number of amides is 2. The molecule has 4 rings (SSSR count). The number of furan rings is 1. The van der Waals surface area contributed by atoms with E-state index in [1.807, 2.05) is 65.5 Å². The van der Waals surface area contributed by atoms with Crippen molar-refractivity contribution >= 4 is 23.4 Å². The van der Waals surface area contributed by atoms with Gasteiger partial charge in [-0.15, -0.1) is 0 Å². The second-order valence-electron chi connectivity index (χ2n) is 7.57. The quantitative estimate of drug-likeness (QED) is 0.425. The normalized spacial score (nSPS) is 10.7. The van der Waals surface area contributed by atoms with Gasteiger partial charge in [0.05, 0.1) is 25.0 Å². The zero-order valence-corrected chi connectivity index (χ0v) is 18.8. The molecular weight excluding hydrogens is 440 g/mol. The second kappa shape index (κ2) is 10.2. The number of benzene rings is 2. The molecule has 0 spiro atoms. The molecule has 33 heavy (non-hydrogen) atoms. The molecule has 8 heteroatoms. The molecule has 0 aliphatic rings. The van der Waals surface area contributed by atoms with E-state index in [9.17, 15) is 9.59 Å². The first-order valence-electron chi connectivity index (χ1n) is 10.4. The lowest BCUT2D eigenvalue weighted by Crippen LogP contribution is -2.37. The van der Waals surface area contributed by atoms with E-state index in [2.05, 4.69) is 5.32 Å². The maximum absolute atomic E-state index is 12.6. The van der Waals surface area contributed by atoms with Gasteiger partial charge in [0.2, 0.25) is 5.91 Å². The Balaban J connectivity index is 1.50. The van der Waals surface area contributed by atoms with Gasteiger partial charge in [-0.1, -0.05) is 60.1 Å². The van der Waals surface area contributed by atoms with Crippen LogP contribution in [0.2, 0.25) is 5.02 Å². The van der Waals surface area contributed by atoms with Gasteiger partial charge in [-0.3, -0.25) is 14.3 Å². The van der Waals surface area contributed by atoms with Crippen molar-refractivity contribution in [2.24, 2.45) is 0 Å². The van der Waals surface area contributed by atoms with Gasteiger partial charge in [0, 0.05) is 35.9 Å². The number of carbonyl (C=O) groups excluding carboxylic acids is 2. The fourth-order valence-electron chi connectivity index (χ4n) is 3.43. The summed E-state index contributed by atoms with van der Waals surface area (Å²) in [6.45, 7) is 0.711. The lowest BCUT2D eigenvalue weighted by atomic mass is 10.1. The van der Waals surface area contributed by atoms with Crippen LogP contribution in [0.15, 0.2) is 83.6 Å². The Morgan fingerprint density at radius 3 is 2.52 bits per heavy atom. The first-order chi connectivity index (χ1) is 16.0. The molecule has 2 amide bonds. The van der Waals surface area contributed by atoms with Crippen molar-refractivity contribution in [2.75, 3.05) is 13.6 Å². The van der Waals surface area contributed by atoms with Gasteiger partial charge >= 0.3 is 0 Å². The van der Waals surface area contributed by atoms with Crippen LogP contribution in [0.1, 0.15) is 21.7 Å². The average molecular weight is 463 g/mol. The molecule has 0 aliphatic carbocycles. The summed E-state index contributed by atoms with van der Waals surface area (Å²) >= 11 is 6.33. The highest BCUT2D eigenvalue weighted by atomic mass is 35.5. The Bertz CT molecular complexity index is 1240. The molecule has 0 saturated carbocycles. The number of hydrogen-bond donors (Lipinski definition) is 1. The topological polar surface area (TPSA) is 80.4 Å². The summed E-state index contributed by atoms with van der Waals surface area (Å²) in [5.41, 5.74) is 3.60. The van der Waals surface area contributed by atoms with Crippen molar-refractivity contribution in [3.63, 3.8) is 0 Å². The fourth-order valence-corrected chi connectivity index (χ4v) is 3.62. The molecule has 0 saturated heterocycles. The van der Waals surface area contributed by atoms with E-state index in [1.54, 1.807) is 24.1 Å². The van der Waals surface area contributed by atoms with Crippen molar-refractivity contribution in [1.29, 1.82) is 0 Å². The van der Waals surface area contributed by atoms with Crippen LogP contribution in [0.4, 0.5) is 0 Å². The molecule has 0 radical (unpaired) electrons. The highest BCUT2D eigenvalue weighted by Crippen LogP contribution is 2.24. The zero-order chi connectivity index (χ0) is 23.2. The summed E-state index contributed by atoms with van der Waals surface area (Å²) in [5, 5.41) is 8.03. The standard InChI is InChI=1S/C25H23ClN4O3/c1-29(23(31)14-27-25(32)22-12-7-13-33-22)15-20-17-30(16-19-10-5-6-11-21(19)26)28-24(20)18-8-3-2-4-9-18/h2-13,17H,14-16H2,1H3,(H,27,32). The highest BCUT2D eigenvalue weighted by molar-refractivity contribution is 6.31. The van der Waals surface area contributed by atoms with Gasteiger partial charge in [-0.25, -0.2) is 0 Å². The van der Waals surface area contributed by atoms with Crippen molar-refractivity contribution < 1.29 is 14.0 Å². The third-order valence-electron chi connectivity index (χ3n) is 5.15. The molecule has 2 heterocycles. The summed E-state index contributed by atoms with van der Waals surface area (Å²) in [6.07, 6.45) is 3.34. The molecular formula is C25H23ClN4O3. The maximum Gasteiger partial charge on any atom is 0.287 e. The number of nitrogens with zero attached hydrogens (tertiary/aromatic N) is 3. The monoisotopic (exact) mass is 462 g/mol. The second-order valence-corrected chi connectivity index (χ2v) is 7.97. The van der Waals surface area contributed by atoms with Crippen LogP contribution < -0.4 is 5.32 Å². The highest BCUT2D eigenvalue weighted by Gasteiger charge is 2.18. The summed E-state index contributed by atoms with van der Waals surface area (Å²) in [6, 6.07) is 20.6. The van der Waals surface area contributed by atoms with Gasteiger partial charge in [0.25, 0.3) is 5.91 Å². The summed E-state index contributed by atoms with van der Waals surface area (Å²) < 4.78 is 6.88. The minimum atomic E-state index is -0.431. The van der Waals surface area contributed by atoms with Crippen LogP contribution >= 0.6 is 11.6 Å². The Hall–Kier alpha value is -3.84. The molecule has 1 N–H and O–H groups in total. The molecule has 7 nitrogen and oxygen atoms in total. The van der Waals surface area contributed by atoms with Crippen molar-refractivity contribution in [1.82, 2.24) is 20.0 Å². The summed E-state index contributed by atoms with van der Waals surface area (Å²) in [7, 11) is 1.70. The van der Waals surface area contributed by atoms with Crippen molar-refractivity contribution in [2.45, 2.75) is 13.1 Å². The Labute approximate surface area is 196 Å². The molecule has 0 atom stereocenters. The lowest BCUT2D eigenvalue weighted by molar-refractivity contribution is -0.129. The van der Waals surface area contributed by atoms with Crippen LogP contribution in [0.5, 0.6) is 0 Å². The first-order valence-corrected chi connectivity index (χ1v) is 10.8. The number of hydrogen-bond acceptors (Lipinski definition) is 4. The largest absolute Gasteiger partial charge is 0.459 e. The predicted octanol–water partition coefficient (Wildman–Crippen LogP) is 4.23. The van der Waals surface area contributed by atoms with E-state index in [4.69, 9.17) is 21.1 Å². The number of halogens is 1. The molecule has 0 fully saturated rings. The molecule has 2 aromatic heterocycles. The predicted molar refractivity (Wildman–Crippen MR) is 126 cm³/mol. The van der Waals surface area contributed by atoms with E-state index < -0.39 is 5.91 Å². The van der Waals surface area contributed by atoms with Gasteiger partial charge < -0.3 is 14.6 Å². The van der Waals surface area contributed by atoms with Crippen molar-refractivity contribution in [3.8, 4) is 11.3 Å². The Morgan fingerprint density at radius 1 is 1.03 bits per heavy atom. The summed E-state index contributed by atoms with van der Waals surface area (Å²) in [5.74, 6) is -0.496. The zero-order valence-electron chi connectivity index (χ0n) is 18.1. The molecule has 0 unspecified atom stereocenters. The van der Waals surface area contributed by atoms with E-state index >= 15 is 0 Å². The number of carbonyl (C=O) groups is 2. The molecule has 4 aromatic rings. The van der Waals surface area contributed by atoms with Gasteiger partial charge in [0.15, 0.2) is 5.76 Å². The third kappa shape index (κ3) is 5.51. The van der Waals surface area contributed by atoms with Gasteiger partial charge in [0.1, 0.15) is 0 Å². The molecule has 0 bridgehead atoms. The molecule has 0 aliphatic heterocycles. The van der Waals surface area contributed by atoms with Crippen LogP contribution in [-0.4, -0.2) is 40.1 Å². The molecule has 168 valence electrons. The minimum absolute atomic E-state index is 0.134.